The van der Waals surface area contributed by atoms with Crippen molar-refractivity contribution in [2.45, 2.75) is 38.6 Å². The Morgan fingerprint density at radius 1 is 1.17 bits per heavy atom. The van der Waals surface area contributed by atoms with Gasteiger partial charge in [0.25, 0.3) is 0 Å². The third-order valence-electron chi connectivity index (χ3n) is 5.47. The molecular weight excluding hydrogens is 412 g/mol. The number of methoxy groups -OCH3 is 1. The van der Waals surface area contributed by atoms with Crippen LogP contribution in [-0.4, -0.2) is 12.1 Å². The van der Waals surface area contributed by atoms with Gasteiger partial charge >= 0.3 is 0 Å². The minimum absolute atomic E-state index is 0.247. The number of aryl methyl sites for hydroxylation is 2. The Hall–Kier alpha value is -2.32. The van der Waals surface area contributed by atoms with Gasteiger partial charge in [-0.3, -0.25) is 0 Å². The zero-order valence-electron chi connectivity index (χ0n) is 17.4. The van der Waals surface area contributed by atoms with E-state index >= 15 is 0 Å². The van der Waals surface area contributed by atoms with E-state index in [1.54, 1.807) is 18.4 Å². The van der Waals surface area contributed by atoms with Crippen LogP contribution in [0.25, 0.3) is 11.3 Å². The van der Waals surface area contributed by atoms with Gasteiger partial charge in [-0.15, -0.1) is 11.3 Å². The minimum Gasteiger partial charge on any atom is -0.496 e. The van der Waals surface area contributed by atoms with Crippen LogP contribution in [0.4, 0.5) is 0 Å². The monoisotopic (exact) mass is 436 g/mol. The number of ether oxygens (including phenoxy) is 1. The molecule has 1 saturated carbocycles. The maximum Gasteiger partial charge on any atom is 0.123 e. The van der Waals surface area contributed by atoms with Gasteiger partial charge in [0.2, 0.25) is 0 Å². The second kappa shape index (κ2) is 8.81. The molecule has 1 aromatic heterocycles. The molecule has 2 N–H and O–H groups in total. The van der Waals surface area contributed by atoms with Gasteiger partial charge in [-0.25, -0.2) is 4.98 Å². The van der Waals surface area contributed by atoms with E-state index in [1.165, 1.54) is 18.4 Å². The van der Waals surface area contributed by atoms with Gasteiger partial charge < -0.3 is 10.5 Å². The van der Waals surface area contributed by atoms with E-state index < -0.39 is 6.04 Å². The van der Waals surface area contributed by atoms with Crippen LogP contribution < -0.4 is 10.5 Å². The molecule has 0 radical (unpaired) electrons. The molecule has 3 nitrogen and oxygen atoms in total. The molecule has 1 aliphatic rings. The zero-order valence-corrected chi connectivity index (χ0v) is 19.0. The number of aromatic nitrogens is 1. The van der Waals surface area contributed by atoms with Crippen LogP contribution in [0.15, 0.2) is 42.5 Å². The Morgan fingerprint density at radius 2 is 1.90 bits per heavy atom. The van der Waals surface area contributed by atoms with Gasteiger partial charge in [0.1, 0.15) is 16.8 Å². The van der Waals surface area contributed by atoms with Crippen molar-refractivity contribution in [3.63, 3.8) is 0 Å². The number of benzene rings is 2. The number of hydrogen-bond donors (Lipinski definition) is 1. The summed E-state index contributed by atoms with van der Waals surface area (Å²) in [6.45, 7) is 4.05. The summed E-state index contributed by atoms with van der Waals surface area (Å²) in [4.78, 5) is 5.89. The molecular formula is C25H25ClN2OS. The Labute approximate surface area is 187 Å². The topological polar surface area (TPSA) is 48.1 Å². The quantitative estimate of drug-likeness (QED) is 0.478. The van der Waals surface area contributed by atoms with Gasteiger partial charge in [-0.1, -0.05) is 53.8 Å². The molecule has 1 unspecified atom stereocenters. The first-order valence-corrected chi connectivity index (χ1v) is 11.3. The molecule has 5 heteroatoms. The predicted octanol–water partition coefficient (Wildman–Crippen LogP) is 6.29. The first kappa shape index (κ1) is 20.9. The fourth-order valence-corrected chi connectivity index (χ4v) is 4.80. The van der Waals surface area contributed by atoms with Crippen LogP contribution in [0.2, 0.25) is 5.02 Å². The van der Waals surface area contributed by atoms with E-state index in [1.807, 2.05) is 32.0 Å². The lowest BCUT2D eigenvalue weighted by Crippen LogP contribution is -2.08. The van der Waals surface area contributed by atoms with Crippen molar-refractivity contribution in [1.29, 1.82) is 0 Å². The summed E-state index contributed by atoms with van der Waals surface area (Å²) < 4.78 is 5.36. The zero-order chi connectivity index (χ0) is 21.3. The molecule has 4 rings (SSSR count). The summed E-state index contributed by atoms with van der Waals surface area (Å²) in [7, 11) is 1.65. The van der Waals surface area contributed by atoms with E-state index in [2.05, 4.69) is 36.1 Å². The van der Waals surface area contributed by atoms with Crippen LogP contribution >= 0.6 is 22.9 Å². The summed E-state index contributed by atoms with van der Waals surface area (Å²) in [6.07, 6.45) is 2.47. The highest BCUT2D eigenvalue weighted by atomic mass is 35.5. The number of rotatable bonds is 5. The van der Waals surface area contributed by atoms with Crippen molar-refractivity contribution >= 4 is 22.9 Å². The highest BCUT2D eigenvalue weighted by Crippen LogP contribution is 2.42. The van der Waals surface area contributed by atoms with Crippen molar-refractivity contribution in [3.8, 4) is 28.8 Å². The molecule has 0 bridgehead atoms. The van der Waals surface area contributed by atoms with Crippen LogP contribution in [0.5, 0.6) is 5.75 Å². The Morgan fingerprint density at radius 3 is 2.57 bits per heavy atom. The van der Waals surface area contributed by atoms with E-state index in [9.17, 15) is 0 Å². The van der Waals surface area contributed by atoms with Crippen molar-refractivity contribution in [2.24, 2.45) is 11.7 Å². The molecule has 3 aromatic rings. The van der Waals surface area contributed by atoms with Crippen molar-refractivity contribution in [2.75, 3.05) is 7.11 Å². The van der Waals surface area contributed by atoms with Gasteiger partial charge in [0, 0.05) is 16.4 Å². The highest BCUT2D eigenvalue weighted by molar-refractivity contribution is 7.12. The van der Waals surface area contributed by atoms with E-state index in [0.29, 0.717) is 10.9 Å². The van der Waals surface area contributed by atoms with Crippen LogP contribution in [0.1, 0.15) is 45.8 Å². The maximum absolute atomic E-state index is 6.51. The molecule has 1 heterocycles. The van der Waals surface area contributed by atoms with Gasteiger partial charge in [-0.2, -0.15) is 0 Å². The second-order valence-corrected chi connectivity index (χ2v) is 9.39. The smallest absolute Gasteiger partial charge is 0.123 e. The average molecular weight is 437 g/mol. The molecule has 30 heavy (non-hydrogen) atoms. The van der Waals surface area contributed by atoms with E-state index in [4.69, 9.17) is 27.1 Å². The van der Waals surface area contributed by atoms with E-state index in [0.717, 1.165) is 32.5 Å². The Kier molecular flexibility index (Phi) is 6.15. The van der Waals surface area contributed by atoms with Crippen molar-refractivity contribution < 1.29 is 4.74 Å². The summed E-state index contributed by atoms with van der Waals surface area (Å²) in [5.74, 6) is 8.38. The largest absolute Gasteiger partial charge is 0.496 e. The van der Waals surface area contributed by atoms with Gasteiger partial charge in [0.15, 0.2) is 0 Å². The molecule has 1 aliphatic carbocycles. The second-order valence-electron chi connectivity index (χ2n) is 7.75. The number of nitrogens with two attached hydrogens (primary N) is 1. The predicted molar refractivity (Wildman–Crippen MR) is 125 cm³/mol. The first-order valence-electron chi connectivity index (χ1n) is 10.1. The standard InChI is InChI=1S/C25H25ClN2OS/c1-15-13-20(21(26)14-23(15)29-3)24-16(2)30-25(28-24)22(27)12-11-19(18-9-10-18)17-7-5-4-6-8-17/h4-8,13-14,18-19,22H,9-10,27H2,1-3H3/t19-,22?/m1/s1. The highest BCUT2D eigenvalue weighted by Gasteiger charge is 2.31. The molecule has 0 spiro atoms. The SMILES string of the molecule is COc1cc(Cl)c(-c2nc(C(N)C#C[C@H](c3ccccc3)C3CC3)sc2C)cc1C. The average Bonchev–Trinajstić information content (AvgIpc) is 3.51. The number of hydrogen-bond acceptors (Lipinski definition) is 4. The van der Waals surface area contributed by atoms with Gasteiger partial charge in [0.05, 0.1) is 17.8 Å². The minimum atomic E-state index is -0.412. The lowest BCUT2D eigenvalue weighted by molar-refractivity contribution is 0.412. The summed E-state index contributed by atoms with van der Waals surface area (Å²) >= 11 is 8.10. The van der Waals surface area contributed by atoms with Crippen LogP contribution in [0.3, 0.4) is 0 Å². The number of nitrogens with zero attached hydrogens (tertiary/aromatic N) is 1. The summed E-state index contributed by atoms with van der Waals surface area (Å²) in [5, 5.41) is 1.44. The maximum atomic E-state index is 6.51. The van der Waals surface area contributed by atoms with Crippen LogP contribution in [0, 0.1) is 31.6 Å². The summed E-state index contributed by atoms with van der Waals surface area (Å²) in [5.41, 5.74) is 10.5. The van der Waals surface area contributed by atoms with Crippen molar-refractivity contribution in [3.05, 3.63) is 68.5 Å². The Bertz CT molecular complexity index is 1110. The molecule has 1 fully saturated rings. The van der Waals surface area contributed by atoms with E-state index in [-0.39, 0.29) is 5.92 Å². The fraction of sp³-hybridized carbons (Fsp3) is 0.320. The van der Waals surface area contributed by atoms with Gasteiger partial charge in [-0.05, 0) is 55.9 Å². The Balaban J connectivity index is 1.61. The molecule has 0 amide bonds. The normalized spacial score (nSPS) is 15.2. The fourth-order valence-electron chi connectivity index (χ4n) is 3.67. The lowest BCUT2D eigenvalue weighted by atomic mass is 9.94. The lowest BCUT2D eigenvalue weighted by Gasteiger charge is -2.10. The molecule has 2 aromatic carbocycles. The van der Waals surface area contributed by atoms with Crippen LogP contribution in [-0.2, 0) is 0 Å². The molecule has 154 valence electrons. The van der Waals surface area contributed by atoms with Crippen molar-refractivity contribution in [1.82, 2.24) is 4.98 Å². The number of halogens is 1. The first-order chi connectivity index (χ1) is 14.5. The molecule has 0 aliphatic heterocycles. The molecule has 2 atom stereocenters. The third-order valence-corrected chi connectivity index (χ3v) is 6.83. The number of thiazole rings is 1. The summed E-state index contributed by atoms with van der Waals surface area (Å²) in [6, 6.07) is 13.9. The molecule has 0 saturated heterocycles. The third kappa shape index (κ3) is 4.39.